The van der Waals surface area contributed by atoms with Crippen molar-refractivity contribution in [1.82, 2.24) is 15.1 Å². The van der Waals surface area contributed by atoms with Crippen molar-refractivity contribution in [2.75, 3.05) is 39.3 Å². The van der Waals surface area contributed by atoms with Crippen LogP contribution in [0.25, 0.3) is 0 Å². The third kappa shape index (κ3) is 3.14. The van der Waals surface area contributed by atoms with Crippen LogP contribution in [0.3, 0.4) is 0 Å². The largest absolute Gasteiger partial charge is 0.314 e. The molecule has 100 valence electrons. The van der Waals surface area contributed by atoms with Crippen molar-refractivity contribution in [2.24, 2.45) is 0 Å². The van der Waals surface area contributed by atoms with Crippen LogP contribution in [0.1, 0.15) is 11.3 Å². The summed E-state index contributed by atoms with van der Waals surface area (Å²) in [5, 5.41) is 5.61. The highest BCUT2D eigenvalue weighted by Crippen LogP contribution is 2.24. The zero-order valence-electron chi connectivity index (χ0n) is 10.6. The fourth-order valence-corrected chi connectivity index (χ4v) is 4.45. The Balaban J connectivity index is 1.51. The fraction of sp³-hybridized carbons (Fsp3) is 0.692. The van der Waals surface area contributed by atoms with Gasteiger partial charge in [-0.05, 0) is 28.4 Å². The lowest BCUT2D eigenvalue weighted by molar-refractivity contribution is 0.170. The molecular formula is C13H20BrN3S. The van der Waals surface area contributed by atoms with E-state index < -0.39 is 0 Å². The van der Waals surface area contributed by atoms with E-state index in [2.05, 4.69) is 42.5 Å². The van der Waals surface area contributed by atoms with Crippen LogP contribution < -0.4 is 5.32 Å². The van der Waals surface area contributed by atoms with Gasteiger partial charge < -0.3 is 5.32 Å². The lowest BCUT2D eigenvalue weighted by Crippen LogP contribution is -2.49. The van der Waals surface area contributed by atoms with Gasteiger partial charge in [-0.2, -0.15) is 0 Å². The van der Waals surface area contributed by atoms with Crippen LogP contribution in [0.4, 0.5) is 0 Å². The van der Waals surface area contributed by atoms with Gasteiger partial charge in [0, 0.05) is 66.6 Å². The van der Waals surface area contributed by atoms with Crippen molar-refractivity contribution in [3.8, 4) is 0 Å². The first-order chi connectivity index (χ1) is 8.81. The number of hydrogen-bond acceptors (Lipinski definition) is 4. The Labute approximate surface area is 121 Å². The van der Waals surface area contributed by atoms with Crippen LogP contribution in [0.5, 0.6) is 0 Å². The summed E-state index contributed by atoms with van der Waals surface area (Å²) >= 11 is 5.39. The molecule has 1 unspecified atom stereocenters. The Bertz CT molecular complexity index is 389. The maximum absolute atomic E-state index is 3.53. The first-order valence-electron chi connectivity index (χ1n) is 6.71. The number of likely N-dealkylation sites (tertiary alicyclic amines) is 1. The van der Waals surface area contributed by atoms with Crippen molar-refractivity contribution in [1.29, 1.82) is 0 Å². The number of nitrogens with zero attached hydrogens (tertiary/aromatic N) is 2. The molecule has 2 aliphatic heterocycles. The Morgan fingerprint density at radius 1 is 1.33 bits per heavy atom. The second-order valence-corrected chi connectivity index (χ2v) is 7.11. The number of piperazine rings is 1. The molecule has 3 rings (SSSR count). The molecule has 2 fully saturated rings. The molecule has 0 radical (unpaired) electrons. The molecule has 1 aromatic heterocycles. The minimum Gasteiger partial charge on any atom is -0.314 e. The maximum atomic E-state index is 3.53. The van der Waals surface area contributed by atoms with Crippen LogP contribution in [-0.2, 0) is 6.54 Å². The summed E-state index contributed by atoms with van der Waals surface area (Å²) in [5.74, 6) is 0. The fourth-order valence-electron chi connectivity index (χ4n) is 2.96. The first kappa shape index (κ1) is 13.1. The van der Waals surface area contributed by atoms with Gasteiger partial charge in [0.25, 0.3) is 0 Å². The molecular weight excluding hydrogens is 310 g/mol. The highest BCUT2D eigenvalue weighted by molar-refractivity contribution is 9.10. The summed E-state index contributed by atoms with van der Waals surface area (Å²) < 4.78 is 1.22. The highest BCUT2D eigenvalue weighted by atomic mass is 79.9. The van der Waals surface area contributed by atoms with E-state index in [0.29, 0.717) is 0 Å². The Kier molecular flexibility index (Phi) is 4.36. The molecule has 1 atom stereocenters. The Morgan fingerprint density at radius 2 is 2.17 bits per heavy atom. The van der Waals surface area contributed by atoms with Crippen molar-refractivity contribution >= 4 is 27.3 Å². The van der Waals surface area contributed by atoms with E-state index in [1.807, 2.05) is 11.3 Å². The molecule has 2 aliphatic rings. The first-order valence-corrected chi connectivity index (χ1v) is 8.38. The normalized spacial score (nSPS) is 26.8. The zero-order valence-corrected chi connectivity index (χ0v) is 13.0. The van der Waals surface area contributed by atoms with Gasteiger partial charge in [0.1, 0.15) is 0 Å². The zero-order chi connectivity index (χ0) is 12.4. The smallest absolute Gasteiger partial charge is 0.0328 e. The third-order valence-electron chi connectivity index (χ3n) is 3.92. The van der Waals surface area contributed by atoms with Gasteiger partial charge in [0.15, 0.2) is 0 Å². The Morgan fingerprint density at radius 3 is 2.89 bits per heavy atom. The average Bonchev–Trinajstić information content (AvgIpc) is 3.01. The summed E-state index contributed by atoms with van der Waals surface area (Å²) in [5.41, 5.74) is 0. The molecule has 2 saturated heterocycles. The lowest BCUT2D eigenvalue weighted by Gasteiger charge is -2.32. The monoisotopic (exact) mass is 329 g/mol. The van der Waals surface area contributed by atoms with Crippen molar-refractivity contribution in [3.05, 3.63) is 20.8 Å². The number of rotatable bonds is 3. The molecule has 0 bridgehead atoms. The van der Waals surface area contributed by atoms with Crippen molar-refractivity contribution in [2.45, 2.75) is 19.0 Å². The van der Waals surface area contributed by atoms with E-state index in [4.69, 9.17) is 0 Å². The standard InChI is InChI=1S/C13H20BrN3S/c14-11-7-13(18-10-11)9-16-4-1-12(8-16)17-5-2-15-3-6-17/h7,10,12,15H,1-6,8-9H2. The number of thiophene rings is 1. The van der Waals surface area contributed by atoms with E-state index in [1.54, 1.807) is 0 Å². The van der Waals surface area contributed by atoms with E-state index in [1.165, 1.54) is 41.9 Å². The van der Waals surface area contributed by atoms with Crippen molar-refractivity contribution in [3.63, 3.8) is 0 Å². The van der Waals surface area contributed by atoms with Gasteiger partial charge in [-0.3, -0.25) is 9.80 Å². The minimum atomic E-state index is 0.788. The molecule has 1 N–H and O–H groups in total. The highest BCUT2D eigenvalue weighted by Gasteiger charge is 2.28. The lowest BCUT2D eigenvalue weighted by atomic mass is 10.2. The molecule has 0 saturated carbocycles. The topological polar surface area (TPSA) is 18.5 Å². The van der Waals surface area contributed by atoms with Crippen LogP contribution in [-0.4, -0.2) is 55.1 Å². The summed E-state index contributed by atoms with van der Waals surface area (Å²) in [6.07, 6.45) is 1.34. The maximum Gasteiger partial charge on any atom is 0.0328 e. The summed E-state index contributed by atoms with van der Waals surface area (Å²) in [6.45, 7) is 8.40. The quantitative estimate of drug-likeness (QED) is 0.914. The van der Waals surface area contributed by atoms with Gasteiger partial charge >= 0.3 is 0 Å². The summed E-state index contributed by atoms with van der Waals surface area (Å²) in [7, 11) is 0. The van der Waals surface area contributed by atoms with Gasteiger partial charge in [-0.15, -0.1) is 11.3 Å². The number of halogens is 1. The second kappa shape index (κ2) is 6.01. The SMILES string of the molecule is Brc1csc(CN2CCC(N3CCNCC3)C2)c1. The van der Waals surface area contributed by atoms with E-state index in [0.717, 1.165) is 25.7 Å². The number of nitrogens with one attached hydrogen (secondary N) is 1. The molecule has 0 amide bonds. The second-order valence-electron chi connectivity index (χ2n) is 5.19. The van der Waals surface area contributed by atoms with E-state index >= 15 is 0 Å². The molecule has 1 aromatic rings. The van der Waals surface area contributed by atoms with Crippen LogP contribution >= 0.6 is 27.3 Å². The molecule has 18 heavy (non-hydrogen) atoms. The van der Waals surface area contributed by atoms with Gasteiger partial charge in [-0.25, -0.2) is 0 Å². The predicted molar refractivity (Wildman–Crippen MR) is 80.1 cm³/mol. The summed E-state index contributed by atoms with van der Waals surface area (Å²) in [4.78, 5) is 6.74. The molecule has 5 heteroatoms. The van der Waals surface area contributed by atoms with Gasteiger partial charge in [0.05, 0.1) is 0 Å². The van der Waals surface area contributed by atoms with Crippen LogP contribution in [0.2, 0.25) is 0 Å². The van der Waals surface area contributed by atoms with Crippen LogP contribution in [0, 0.1) is 0 Å². The minimum absolute atomic E-state index is 0.788. The molecule has 3 heterocycles. The molecule has 0 spiro atoms. The Hall–Kier alpha value is 0.0600. The molecule has 3 nitrogen and oxygen atoms in total. The molecule has 0 aromatic carbocycles. The predicted octanol–water partition coefficient (Wildman–Crippen LogP) is 1.99. The molecule has 0 aliphatic carbocycles. The van der Waals surface area contributed by atoms with E-state index in [9.17, 15) is 0 Å². The van der Waals surface area contributed by atoms with Crippen molar-refractivity contribution < 1.29 is 0 Å². The van der Waals surface area contributed by atoms with Gasteiger partial charge in [-0.1, -0.05) is 0 Å². The van der Waals surface area contributed by atoms with E-state index in [-0.39, 0.29) is 0 Å². The van der Waals surface area contributed by atoms with Crippen LogP contribution in [0.15, 0.2) is 15.9 Å². The summed E-state index contributed by atoms with van der Waals surface area (Å²) in [6, 6.07) is 3.04. The average molecular weight is 330 g/mol. The van der Waals surface area contributed by atoms with Gasteiger partial charge in [0.2, 0.25) is 0 Å². The number of hydrogen-bond donors (Lipinski definition) is 1. The third-order valence-corrected chi connectivity index (χ3v) is 5.60.